The lowest BCUT2D eigenvalue weighted by Gasteiger charge is -2.08. The Labute approximate surface area is 123 Å². The highest BCUT2D eigenvalue weighted by Crippen LogP contribution is 2.29. The van der Waals surface area contributed by atoms with Crippen molar-refractivity contribution in [2.45, 2.75) is 19.6 Å². The molecule has 0 radical (unpaired) electrons. The van der Waals surface area contributed by atoms with E-state index in [0.717, 1.165) is 12.1 Å². The molecule has 2 rings (SSSR count). The number of alkyl halides is 3. The van der Waals surface area contributed by atoms with Crippen LogP contribution < -0.4 is 5.43 Å². The minimum Gasteiger partial charge on any atom is -0.271 e. The zero-order chi connectivity index (χ0) is 16.2. The Hall–Kier alpha value is -2.71. The first kappa shape index (κ1) is 15.7. The molecular weight excluding hydrogens is 299 g/mol. The summed E-state index contributed by atoms with van der Waals surface area (Å²) in [6.07, 6.45) is -1.78. The van der Waals surface area contributed by atoms with Gasteiger partial charge in [-0.25, -0.2) is 15.1 Å². The first-order valence-corrected chi connectivity index (χ1v) is 6.19. The molecule has 0 saturated carbocycles. The normalized spacial score (nSPS) is 12.3. The van der Waals surface area contributed by atoms with Crippen LogP contribution in [-0.4, -0.2) is 26.4 Å². The minimum absolute atomic E-state index is 0.0840. The number of amides is 1. The summed E-state index contributed by atoms with van der Waals surface area (Å²) in [7, 11) is 0. The fourth-order valence-electron chi connectivity index (χ4n) is 1.63. The van der Waals surface area contributed by atoms with E-state index in [1.807, 2.05) is 0 Å². The molecule has 1 aromatic heterocycles. The number of rotatable bonds is 4. The summed E-state index contributed by atoms with van der Waals surface area (Å²) < 4.78 is 39.2. The molecule has 1 N–H and O–H groups in total. The maximum atomic E-state index is 12.6. The molecule has 1 heterocycles. The zero-order valence-electron chi connectivity index (χ0n) is 11.5. The Bertz CT molecular complexity index is 679. The molecule has 2 aromatic rings. The molecule has 6 nitrogen and oxygen atoms in total. The van der Waals surface area contributed by atoms with Crippen LogP contribution in [0.4, 0.5) is 13.2 Å². The molecule has 22 heavy (non-hydrogen) atoms. The fraction of sp³-hybridized carbons (Fsp3) is 0.231. The van der Waals surface area contributed by atoms with Gasteiger partial charge < -0.3 is 0 Å². The van der Waals surface area contributed by atoms with Crippen molar-refractivity contribution in [2.75, 3.05) is 0 Å². The highest BCUT2D eigenvalue weighted by Gasteiger charge is 2.30. The topological polar surface area (TPSA) is 72.2 Å². The number of nitrogens with zero attached hydrogens (tertiary/aromatic N) is 4. The summed E-state index contributed by atoms with van der Waals surface area (Å²) >= 11 is 0. The molecule has 1 amide bonds. The minimum atomic E-state index is -4.42. The number of carbonyl (C=O) groups is 1. The quantitative estimate of drug-likeness (QED) is 0.692. The lowest BCUT2D eigenvalue weighted by molar-refractivity contribution is -0.137. The van der Waals surface area contributed by atoms with Crippen molar-refractivity contribution in [3.05, 3.63) is 48.0 Å². The summed E-state index contributed by atoms with van der Waals surface area (Å²) in [5.41, 5.74) is 2.02. The van der Waals surface area contributed by atoms with Crippen molar-refractivity contribution in [3.63, 3.8) is 0 Å². The lowest BCUT2D eigenvalue weighted by atomic mass is 10.1. The van der Waals surface area contributed by atoms with Crippen LogP contribution in [0.2, 0.25) is 0 Å². The van der Waals surface area contributed by atoms with E-state index in [0.29, 0.717) is 0 Å². The van der Waals surface area contributed by atoms with Crippen molar-refractivity contribution in [2.24, 2.45) is 5.10 Å². The first-order valence-electron chi connectivity index (χ1n) is 6.19. The Morgan fingerprint density at radius 3 is 2.82 bits per heavy atom. The molecule has 0 aliphatic carbocycles. The van der Waals surface area contributed by atoms with E-state index >= 15 is 0 Å². The van der Waals surface area contributed by atoms with Gasteiger partial charge in [-0.1, -0.05) is 12.1 Å². The monoisotopic (exact) mass is 311 g/mol. The van der Waals surface area contributed by atoms with Gasteiger partial charge in [0.25, 0.3) is 5.91 Å². The van der Waals surface area contributed by atoms with Gasteiger partial charge in [0.15, 0.2) is 0 Å². The Morgan fingerprint density at radius 1 is 1.41 bits per heavy atom. The van der Waals surface area contributed by atoms with Crippen LogP contribution in [0.1, 0.15) is 18.1 Å². The first-order chi connectivity index (χ1) is 10.4. The smallest absolute Gasteiger partial charge is 0.271 e. The van der Waals surface area contributed by atoms with Gasteiger partial charge in [0.1, 0.15) is 19.2 Å². The van der Waals surface area contributed by atoms with E-state index in [1.165, 1.54) is 36.4 Å². The van der Waals surface area contributed by atoms with Crippen LogP contribution >= 0.6 is 0 Å². The van der Waals surface area contributed by atoms with E-state index in [-0.39, 0.29) is 17.8 Å². The molecule has 0 atom stereocenters. The molecule has 0 spiro atoms. The van der Waals surface area contributed by atoms with Crippen LogP contribution in [0.15, 0.2) is 42.0 Å². The van der Waals surface area contributed by atoms with E-state index in [9.17, 15) is 18.0 Å². The van der Waals surface area contributed by atoms with Gasteiger partial charge in [0, 0.05) is 0 Å². The highest BCUT2D eigenvalue weighted by molar-refractivity contribution is 5.99. The molecular formula is C13H12F3N5O. The zero-order valence-corrected chi connectivity index (χ0v) is 11.5. The summed E-state index contributed by atoms with van der Waals surface area (Å²) in [6.45, 7) is 1.42. The predicted octanol–water partition coefficient (Wildman–Crippen LogP) is 1.84. The standard InChI is InChI=1S/C13H12F3N5O/c1-9(10-3-2-4-11(5-10)13(14,15)16)19-20-12(22)6-21-8-17-7-18-21/h2-5,7-8H,6H2,1H3,(H,20,22)/b19-9-. The van der Waals surface area contributed by atoms with Crippen LogP contribution in [0.25, 0.3) is 0 Å². The van der Waals surface area contributed by atoms with E-state index in [1.54, 1.807) is 0 Å². The number of hydrazone groups is 1. The van der Waals surface area contributed by atoms with E-state index in [2.05, 4.69) is 20.6 Å². The molecule has 0 fully saturated rings. The largest absolute Gasteiger partial charge is 0.416 e. The lowest BCUT2D eigenvalue weighted by Crippen LogP contribution is -2.24. The predicted molar refractivity (Wildman–Crippen MR) is 71.8 cm³/mol. The third-order valence-electron chi connectivity index (χ3n) is 2.73. The second kappa shape index (κ2) is 6.37. The van der Waals surface area contributed by atoms with Crippen molar-refractivity contribution >= 4 is 11.6 Å². The van der Waals surface area contributed by atoms with Gasteiger partial charge in [-0.3, -0.25) is 4.79 Å². The van der Waals surface area contributed by atoms with E-state index in [4.69, 9.17) is 0 Å². The SMILES string of the molecule is C/C(=N/NC(=O)Cn1cncn1)c1cccc(C(F)(F)F)c1. The Kier molecular flexibility index (Phi) is 4.54. The van der Waals surface area contributed by atoms with Gasteiger partial charge in [0.05, 0.1) is 11.3 Å². The number of carbonyl (C=O) groups excluding carboxylic acids is 1. The van der Waals surface area contributed by atoms with Gasteiger partial charge >= 0.3 is 6.18 Å². The summed E-state index contributed by atoms with van der Waals surface area (Å²) in [4.78, 5) is 15.3. The molecule has 0 unspecified atom stereocenters. The van der Waals surface area contributed by atoms with Crippen molar-refractivity contribution in [1.82, 2.24) is 20.2 Å². The number of benzene rings is 1. The van der Waals surface area contributed by atoms with Crippen LogP contribution in [0.3, 0.4) is 0 Å². The number of nitrogens with one attached hydrogen (secondary N) is 1. The van der Waals surface area contributed by atoms with Gasteiger partial charge in [-0.05, 0) is 24.6 Å². The molecule has 116 valence electrons. The Balaban J connectivity index is 2.04. The molecule has 0 aliphatic rings. The molecule has 0 aliphatic heterocycles. The molecule has 0 bridgehead atoms. The summed E-state index contributed by atoms with van der Waals surface area (Å²) in [5, 5.41) is 7.54. The Morgan fingerprint density at radius 2 is 2.18 bits per heavy atom. The second-order valence-corrected chi connectivity index (χ2v) is 4.40. The van der Waals surface area contributed by atoms with Crippen molar-refractivity contribution < 1.29 is 18.0 Å². The fourth-order valence-corrected chi connectivity index (χ4v) is 1.63. The van der Waals surface area contributed by atoms with Crippen molar-refractivity contribution in [1.29, 1.82) is 0 Å². The average molecular weight is 311 g/mol. The molecule has 0 saturated heterocycles. The third kappa shape index (κ3) is 4.14. The number of hydrogen-bond donors (Lipinski definition) is 1. The maximum Gasteiger partial charge on any atom is 0.416 e. The third-order valence-corrected chi connectivity index (χ3v) is 2.73. The second-order valence-electron chi connectivity index (χ2n) is 4.40. The molecule has 9 heteroatoms. The van der Waals surface area contributed by atoms with Crippen LogP contribution in [-0.2, 0) is 17.5 Å². The maximum absolute atomic E-state index is 12.6. The van der Waals surface area contributed by atoms with E-state index < -0.39 is 17.6 Å². The van der Waals surface area contributed by atoms with Gasteiger partial charge in [0.2, 0.25) is 0 Å². The van der Waals surface area contributed by atoms with Crippen LogP contribution in [0, 0.1) is 0 Å². The molecule has 1 aromatic carbocycles. The highest BCUT2D eigenvalue weighted by atomic mass is 19.4. The number of hydrogen-bond acceptors (Lipinski definition) is 4. The number of halogens is 3. The summed E-state index contributed by atoms with van der Waals surface area (Å²) in [5.74, 6) is -0.461. The van der Waals surface area contributed by atoms with Gasteiger partial charge in [-0.2, -0.15) is 23.4 Å². The number of aromatic nitrogens is 3. The van der Waals surface area contributed by atoms with Gasteiger partial charge in [-0.15, -0.1) is 0 Å². The summed E-state index contributed by atoms with van der Waals surface area (Å²) in [6, 6.07) is 4.72. The van der Waals surface area contributed by atoms with Crippen molar-refractivity contribution in [3.8, 4) is 0 Å². The average Bonchev–Trinajstić information content (AvgIpc) is 2.97. The van der Waals surface area contributed by atoms with Crippen LogP contribution in [0.5, 0.6) is 0 Å².